The van der Waals surface area contributed by atoms with Crippen molar-refractivity contribution in [3.05, 3.63) is 24.3 Å². The Morgan fingerprint density at radius 3 is 2.15 bits per heavy atom. The first-order valence-corrected chi connectivity index (χ1v) is 4.20. The molecule has 1 aromatic rings. The fourth-order valence-corrected chi connectivity index (χ4v) is 0.674. The van der Waals surface area contributed by atoms with Crippen molar-refractivity contribution in [1.29, 1.82) is 0 Å². The van der Waals surface area contributed by atoms with Gasteiger partial charge in [0.2, 0.25) is 0 Å². The lowest BCUT2D eigenvalue weighted by Crippen LogP contribution is -1.99. The summed E-state index contributed by atoms with van der Waals surface area (Å²) in [7, 11) is 8.83. The van der Waals surface area contributed by atoms with Crippen LogP contribution in [-0.4, -0.2) is 41.6 Å². The highest BCUT2D eigenvalue weighted by atomic mass is 28.2. The van der Waals surface area contributed by atoms with Gasteiger partial charge in [0.25, 0.3) is 0 Å². The first-order valence-electron chi connectivity index (χ1n) is 3.79. The molecule has 1 rings (SSSR count). The van der Waals surface area contributed by atoms with E-state index in [0.717, 1.165) is 0 Å². The quantitative estimate of drug-likeness (QED) is 0.681. The van der Waals surface area contributed by atoms with Crippen LogP contribution in [0.4, 0.5) is 0 Å². The highest BCUT2D eigenvalue weighted by Crippen LogP contribution is 2.16. The fraction of sp³-hybridized carbons (Fsp3) is 0.333. The molecular weight excluding hydrogens is 182 g/mol. The second-order valence-electron chi connectivity index (χ2n) is 2.94. The molecule has 71 valence electrons. The van der Waals surface area contributed by atoms with Crippen LogP contribution in [0.5, 0.6) is 11.5 Å². The van der Waals surface area contributed by atoms with Crippen molar-refractivity contribution in [1.82, 2.24) is 4.90 Å². The minimum Gasteiger partial charge on any atom is -0.540 e. The third kappa shape index (κ3) is 7.36. The molecule has 0 aromatic heterocycles. The second kappa shape index (κ2) is 6.51. The largest absolute Gasteiger partial charge is 0.540 e. The number of aromatic hydroxyl groups is 1. The van der Waals surface area contributed by atoms with E-state index in [4.69, 9.17) is 5.11 Å². The molecule has 0 saturated heterocycles. The molecule has 0 heterocycles. The first-order chi connectivity index (χ1) is 6.06. The van der Waals surface area contributed by atoms with E-state index in [-0.39, 0.29) is 5.75 Å². The van der Waals surface area contributed by atoms with Gasteiger partial charge in [-0.25, -0.2) is 0 Å². The van der Waals surface area contributed by atoms with Crippen LogP contribution in [0.3, 0.4) is 0 Å². The van der Waals surface area contributed by atoms with Gasteiger partial charge in [-0.3, -0.25) is 0 Å². The molecule has 0 amide bonds. The van der Waals surface area contributed by atoms with Gasteiger partial charge >= 0.3 is 10.5 Å². The molecule has 4 heteroatoms. The SMILES string of the molecule is CN(C)C.Oc1cccc(O[Si])c1. The summed E-state index contributed by atoms with van der Waals surface area (Å²) >= 11 is 0. The summed E-state index contributed by atoms with van der Waals surface area (Å²) in [5, 5.41) is 8.84. The predicted octanol–water partition coefficient (Wildman–Crippen LogP) is 1.03. The number of hydrogen-bond donors (Lipinski definition) is 1. The molecule has 0 aliphatic carbocycles. The van der Waals surface area contributed by atoms with Gasteiger partial charge in [0.1, 0.15) is 11.5 Å². The smallest absolute Gasteiger partial charge is 0.341 e. The molecule has 3 radical (unpaired) electrons. The van der Waals surface area contributed by atoms with Crippen molar-refractivity contribution >= 4 is 10.5 Å². The summed E-state index contributed by atoms with van der Waals surface area (Å²) in [6, 6.07) is 6.51. The Morgan fingerprint density at radius 2 is 1.85 bits per heavy atom. The van der Waals surface area contributed by atoms with Crippen molar-refractivity contribution in [3.63, 3.8) is 0 Å². The Bertz CT molecular complexity index is 238. The Labute approximate surface area is 82.5 Å². The Balaban J connectivity index is 0.000000310. The topological polar surface area (TPSA) is 32.7 Å². The molecule has 1 N–H and O–H groups in total. The summed E-state index contributed by atoms with van der Waals surface area (Å²) in [5.74, 6) is 0.789. The maximum atomic E-state index is 8.84. The third-order valence-electron chi connectivity index (χ3n) is 0.935. The number of hydrogen-bond acceptors (Lipinski definition) is 3. The lowest BCUT2D eigenvalue weighted by molar-refractivity contribution is 0.471. The summed E-state index contributed by atoms with van der Waals surface area (Å²) < 4.78 is 4.64. The van der Waals surface area contributed by atoms with Crippen LogP contribution in [0.1, 0.15) is 0 Å². The minimum absolute atomic E-state index is 0.200. The summed E-state index contributed by atoms with van der Waals surface area (Å²) in [6.45, 7) is 0. The van der Waals surface area contributed by atoms with Gasteiger partial charge in [0.05, 0.1) is 0 Å². The maximum Gasteiger partial charge on any atom is 0.341 e. The zero-order valence-corrected chi connectivity index (χ0v) is 9.11. The average Bonchev–Trinajstić information content (AvgIpc) is 2.03. The van der Waals surface area contributed by atoms with Gasteiger partial charge in [-0.15, -0.1) is 0 Å². The normalized spacial score (nSPS) is 9.00. The molecule has 0 spiro atoms. The van der Waals surface area contributed by atoms with E-state index in [9.17, 15) is 0 Å². The van der Waals surface area contributed by atoms with Gasteiger partial charge in [0.15, 0.2) is 0 Å². The van der Waals surface area contributed by atoms with E-state index < -0.39 is 0 Å². The predicted molar refractivity (Wildman–Crippen MR) is 54.1 cm³/mol. The Morgan fingerprint density at radius 1 is 1.31 bits per heavy atom. The lowest BCUT2D eigenvalue weighted by atomic mass is 10.3. The first kappa shape index (κ1) is 12.0. The van der Waals surface area contributed by atoms with Gasteiger partial charge in [0, 0.05) is 6.07 Å². The number of phenols is 1. The molecule has 13 heavy (non-hydrogen) atoms. The van der Waals surface area contributed by atoms with E-state index in [1.54, 1.807) is 18.2 Å². The van der Waals surface area contributed by atoms with Gasteiger partial charge in [-0.05, 0) is 33.3 Å². The van der Waals surface area contributed by atoms with Crippen LogP contribution in [-0.2, 0) is 0 Å². The van der Waals surface area contributed by atoms with Crippen LogP contribution >= 0.6 is 0 Å². The van der Waals surface area contributed by atoms with Gasteiger partial charge in [-0.2, -0.15) is 0 Å². The molecule has 0 aliphatic heterocycles. The zero-order valence-electron chi connectivity index (χ0n) is 8.11. The molecule has 0 bridgehead atoms. The van der Waals surface area contributed by atoms with E-state index in [0.29, 0.717) is 5.75 Å². The van der Waals surface area contributed by atoms with Crippen LogP contribution in [0.2, 0.25) is 0 Å². The molecule has 0 unspecified atom stereocenters. The van der Waals surface area contributed by atoms with Gasteiger partial charge < -0.3 is 14.4 Å². The summed E-state index contributed by atoms with van der Waals surface area (Å²) in [4.78, 5) is 2.00. The van der Waals surface area contributed by atoms with Crippen LogP contribution in [0.15, 0.2) is 24.3 Å². The zero-order chi connectivity index (χ0) is 10.3. The lowest BCUT2D eigenvalue weighted by Gasteiger charge is -1.97. The van der Waals surface area contributed by atoms with Crippen molar-refractivity contribution in [3.8, 4) is 11.5 Å². The van der Waals surface area contributed by atoms with E-state index in [1.807, 2.05) is 26.0 Å². The van der Waals surface area contributed by atoms with Crippen molar-refractivity contribution in [2.45, 2.75) is 0 Å². The molecule has 0 aliphatic rings. The maximum absolute atomic E-state index is 8.84. The van der Waals surface area contributed by atoms with E-state index in [1.165, 1.54) is 6.07 Å². The van der Waals surface area contributed by atoms with Crippen molar-refractivity contribution < 1.29 is 9.53 Å². The highest BCUT2D eigenvalue weighted by Gasteiger charge is 1.88. The Kier molecular flexibility index (Phi) is 6.00. The monoisotopic (exact) mass is 196 g/mol. The number of rotatable bonds is 1. The molecule has 0 atom stereocenters. The minimum atomic E-state index is 0.200. The summed E-state index contributed by atoms with van der Waals surface area (Å²) in [6.07, 6.45) is 0. The molecule has 0 fully saturated rings. The Hall–Kier alpha value is -1.00. The van der Waals surface area contributed by atoms with Crippen LogP contribution in [0.25, 0.3) is 0 Å². The fourth-order valence-electron chi connectivity index (χ4n) is 0.547. The van der Waals surface area contributed by atoms with Gasteiger partial charge in [-0.1, -0.05) is 6.07 Å². The van der Waals surface area contributed by atoms with Crippen LogP contribution < -0.4 is 4.43 Å². The average molecular weight is 196 g/mol. The number of benzene rings is 1. The molecule has 0 saturated carbocycles. The third-order valence-corrected chi connectivity index (χ3v) is 1.17. The van der Waals surface area contributed by atoms with Crippen molar-refractivity contribution in [2.75, 3.05) is 21.1 Å². The standard InChI is InChI=1S/C6H5O2Si.C3H9N/c7-5-2-1-3-6(4-5)8-9;1-4(2)3/h1-4,7H;1-3H3. The van der Waals surface area contributed by atoms with Crippen LogP contribution in [0, 0.1) is 0 Å². The molecule has 3 nitrogen and oxygen atoms in total. The van der Waals surface area contributed by atoms with E-state index in [2.05, 4.69) is 14.9 Å². The number of phenolic OH excluding ortho intramolecular Hbond substituents is 1. The number of nitrogens with zero attached hydrogens (tertiary/aromatic N) is 1. The second-order valence-corrected chi connectivity index (χ2v) is 3.15. The van der Waals surface area contributed by atoms with E-state index >= 15 is 0 Å². The summed E-state index contributed by atoms with van der Waals surface area (Å²) in [5.41, 5.74) is 0. The highest BCUT2D eigenvalue weighted by molar-refractivity contribution is 5.99. The van der Waals surface area contributed by atoms with Crippen molar-refractivity contribution in [2.24, 2.45) is 0 Å². The molecule has 1 aromatic carbocycles. The molecular formula is C9H14NO2Si.